The van der Waals surface area contributed by atoms with Crippen LogP contribution >= 0.6 is 0 Å². The van der Waals surface area contributed by atoms with Crippen LogP contribution in [0.5, 0.6) is 0 Å². The first-order chi connectivity index (χ1) is 26.5. The van der Waals surface area contributed by atoms with Crippen LogP contribution < -0.4 is 16.0 Å². The van der Waals surface area contributed by atoms with Crippen molar-refractivity contribution in [3.05, 3.63) is 18.2 Å². The standard InChI is InChI=1S/C45H81N3O6/c1-4-7-10-13-16-19-22-25-28-31-34-52-43(49)46-40-37-41(47-44(50)53-35-32-29-26-23-20-17-14-11-8-5-2)39-42(38-40)48-45(51)54-36-33-30-27-24-21-18-15-12-9-6-3/h37-39H,4-36H2,1-3H3,(H,46,49)(H,47,50)(H,48,51). The minimum atomic E-state index is -0.582. The van der Waals surface area contributed by atoms with E-state index in [1.165, 1.54) is 135 Å². The van der Waals surface area contributed by atoms with Crippen molar-refractivity contribution in [3.63, 3.8) is 0 Å². The average Bonchev–Trinajstić information content (AvgIpc) is 3.15. The Balaban J connectivity index is 2.52. The first-order valence-corrected chi connectivity index (χ1v) is 22.4. The molecule has 0 aromatic heterocycles. The molecule has 0 bridgehead atoms. The molecule has 54 heavy (non-hydrogen) atoms. The van der Waals surface area contributed by atoms with Gasteiger partial charge in [0.25, 0.3) is 0 Å². The number of unbranched alkanes of at least 4 members (excludes halogenated alkanes) is 27. The summed E-state index contributed by atoms with van der Waals surface area (Å²) in [5.41, 5.74) is 1.13. The summed E-state index contributed by atoms with van der Waals surface area (Å²) in [5.74, 6) is 0. The molecule has 1 aromatic rings. The number of hydrogen-bond donors (Lipinski definition) is 3. The summed E-state index contributed by atoms with van der Waals surface area (Å²) in [6, 6.07) is 4.84. The summed E-state index contributed by atoms with van der Waals surface area (Å²) < 4.78 is 16.3. The van der Waals surface area contributed by atoms with Crippen molar-refractivity contribution >= 4 is 35.3 Å². The van der Waals surface area contributed by atoms with E-state index in [-0.39, 0.29) is 0 Å². The van der Waals surface area contributed by atoms with Gasteiger partial charge in [0.05, 0.1) is 19.8 Å². The molecule has 0 aliphatic rings. The molecule has 3 N–H and O–H groups in total. The molecular weight excluding hydrogens is 679 g/mol. The first kappa shape index (κ1) is 49.0. The van der Waals surface area contributed by atoms with Gasteiger partial charge in [-0.25, -0.2) is 14.4 Å². The lowest BCUT2D eigenvalue weighted by atomic mass is 10.1. The zero-order valence-electron chi connectivity index (χ0n) is 35.0. The van der Waals surface area contributed by atoms with Crippen LogP contribution in [0.3, 0.4) is 0 Å². The zero-order chi connectivity index (χ0) is 39.2. The number of anilines is 3. The Morgan fingerprint density at radius 1 is 0.333 bits per heavy atom. The molecular formula is C45H81N3O6. The second-order valence-corrected chi connectivity index (χ2v) is 15.1. The number of rotatable bonds is 36. The van der Waals surface area contributed by atoms with E-state index in [1.807, 2.05) is 0 Å². The van der Waals surface area contributed by atoms with E-state index in [2.05, 4.69) is 36.7 Å². The maximum atomic E-state index is 12.6. The van der Waals surface area contributed by atoms with Crippen molar-refractivity contribution in [3.8, 4) is 0 Å². The molecule has 1 rings (SSSR count). The van der Waals surface area contributed by atoms with E-state index in [0.717, 1.165) is 57.8 Å². The number of amides is 3. The van der Waals surface area contributed by atoms with Gasteiger partial charge in [0.15, 0.2) is 0 Å². The Bertz CT molecular complexity index is 911. The summed E-state index contributed by atoms with van der Waals surface area (Å²) >= 11 is 0. The van der Waals surface area contributed by atoms with Gasteiger partial charge in [0.1, 0.15) is 0 Å². The second kappa shape index (κ2) is 37.0. The molecule has 0 aliphatic carbocycles. The van der Waals surface area contributed by atoms with Gasteiger partial charge < -0.3 is 14.2 Å². The number of carbonyl (C=O) groups excluding carboxylic acids is 3. The highest BCUT2D eigenvalue weighted by atomic mass is 16.6. The summed E-state index contributed by atoms with van der Waals surface area (Å²) in [5, 5.41) is 8.22. The van der Waals surface area contributed by atoms with Crippen LogP contribution in [0.25, 0.3) is 0 Å². The smallest absolute Gasteiger partial charge is 0.411 e. The van der Waals surface area contributed by atoms with Gasteiger partial charge in [-0.3, -0.25) is 16.0 Å². The highest BCUT2D eigenvalue weighted by molar-refractivity contribution is 5.93. The van der Waals surface area contributed by atoms with Crippen LogP contribution in [0.1, 0.15) is 213 Å². The zero-order valence-corrected chi connectivity index (χ0v) is 35.0. The molecule has 0 aliphatic heterocycles. The Hall–Kier alpha value is -2.97. The van der Waals surface area contributed by atoms with Gasteiger partial charge in [-0.2, -0.15) is 0 Å². The molecule has 9 nitrogen and oxygen atoms in total. The highest BCUT2D eigenvalue weighted by Gasteiger charge is 2.12. The monoisotopic (exact) mass is 760 g/mol. The molecule has 0 saturated carbocycles. The van der Waals surface area contributed by atoms with E-state index < -0.39 is 18.3 Å². The number of hydrogen-bond acceptors (Lipinski definition) is 6. The van der Waals surface area contributed by atoms with Gasteiger partial charge in [-0.05, 0) is 37.5 Å². The van der Waals surface area contributed by atoms with E-state index in [1.54, 1.807) is 18.2 Å². The summed E-state index contributed by atoms with van der Waals surface area (Å²) in [6.07, 6.45) is 34.4. The molecule has 0 fully saturated rings. The van der Waals surface area contributed by atoms with Crippen LogP contribution in [0.4, 0.5) is 31.4 Å². The van der Waals surface area contributed by atoms with Gasteiger partial charge >= 0.3 is 18.3 Å². The third kappa shape index (κ3) is 31.4. The molecule has 0 unspecified atom stereocenters. The maximum Gasteiger partial charge on any atom is 0.411 e. The Morgan fingerprint density at radius 2 is 0.519 bits per heavy atom. The van der Waals surface area contributed by atoms with E-state index in [9.17, 15) is 14.4 Å². The van der Waals surface area contributed by atoms with E-state index >= 15 is 0 Å². The van der Waals surface area contributed by atoms with Crippen LogP contribution in [0, 0.1) is 0 Å². The van der Waals surface area contributed by atoms with Gasteiger partial charge in [0.2, 0.25) is 0 Å². The fraction of sp³-hybridized carbons (Fsp3) is 0.800. The predicted molar refractivity (Wildman–Crippen MR) is 227 cm³/mol. The molecule has 0 saturated heterocycles. The highest BCUT2D eigenvalue weighted by Crippen LogP contribution is 2.24. The van der Waals surface area contributed by atoms with Crippen LogP contribution in [0.2, 0.25) is 0 Å². The minimum absolute atomic E-state index is 0.335. The molecule has 0 radical (unpaired) electrons. The molecule has 9 heteroatoms. The lowest BCUT2D eigenvalue weighted by Gasteiger charge is -2.13. The van der Waals surface area contributed by atoms with Crippen molar-refractivity contribution in [1.29, 1.82) is 0 Å². The number of benzene rings is 1. The maximum absolute atomic E-state index is 12.6. The largest absolute Gasteiger partial charge is 0.449 e. The molecule has 3 amide bonds. The lowest BCUT2D eigenvalue weighted by molar-refractivity contribution is 0.158. The number of nitrogens with one attached hydrogen (secondary N) is 3. The summed E-state index contributed by atoms with van der Waals surface area (Å²) in [4.78, 5) is 37.9. The SMILES string of the molecule is CCCCCCCCCCCCOC(=O)Nc1cc(NC(=O)OCCCCCCCCCCCC)cc(NC(=O)OCCCCCCCCCCCC)c1. The summed E-state index contributed by atoms with van der Waals surface area (Å²) in [7, 11) is 0. The molecule has 0 heterocycles. The second-order valence-electron chi connectivity index (χ2n) is 15.1. The number of ether oxygens (including phenoxy) is 3. The Labute approximate surface area is 330 Å². The lowest BCUT2D eigenvalue weighted by Crippen LogP contribution is -2.18. The van der Waals surface area contributed by atoms with Crippen molar-refractivity contribution in [2.24, 2.45) is 0 Å². The first-order valence-electron chi connectivity index (χ1n) is 22.4. The number of carbonyl (C=O) groups is 3. The fourth-order valence-corrected chi connectivity index (χ4v) is 6.57. The third-order valence-electron chi connectivity index (χ3n) is 9.87. The van der Waals surface area contributed by atoms with Crippen molar-refractivity contribution in [2.45, 2.75) is 213 Å². The van der Waals surface area contributed by atoms with E-state index in [4.69, 9.17) is 14.2 Å². The van der Waals surface area contributed by atoms with Gasteiger partial charge in [-0.1, -0.05) is 194 Å². The fourth-order valence-electron chi connectivity index (χ4n) is 6.57. The quantitative estimate of drug-likeness (QED) is 0.0463. The molecule has 0 atom stereocenters. The Kier molecular flexibility index (Phi) is 33.6. The van der Waals surface area contributed by atoms with E-state index in [0.29, 0.717) is 36.9 Å². The van der Waals surface area contributed by atoms with Crippen molar-refractivity contribution < 1.29 is 28.6 Å². The normalized spacial score (nSPS) is 10.9. The molecule has 0 spiro atoms. The van der Waals surface area contributed by atoms with Crippen molar-refractivity contribution in [2.75, 3.05) is 35.8 Å². The molecule has 1 aromatic carbocycles. The van der Waals surface area contributed by atoms with Gasteiger partial charge in [-0.15, -0.1) is 0 Å². The Morgan fingerprint density at radius 3 is 0.722 bits per heavy atom. The van der Waals surface area contributed by atoms with Crippen molar-refractivity contribution in [1.82, 2.24) is 0 Å². The molecule has 312 valence electrons. The minimum Gasteiger partial charge on any atom is -0.449 e. The summed E-state index contributed by atoms with van der Waals surface area (Å²) in [6.45, 7) is 7.72. The van der Waals surface area contributed by atoms with Gasteiger partial charge in [0, 0.05) is 17.1 Å². The topological polar surface area (TPSA) is 115 Å². The van der Waals surface area contributed by atoms with Crippen LogP contribution in [0.15, 0.2) is 18.2 Å². The van der Waals surface area contributed by atoms with Crippen LogP contribution in [-0.4, -0.2) is 38.1 Å². The third-order valence-corrected chi connectivity index (χ3v) is 9.87. The average molecular weight is 760 g/mol. The van der Waals surface area contributed by atoms with Crippen LogP contribution in [-0.2, 0) is 14.2 Å². The predicted octanol–water partition coefficient (Wildman–Crippen LogP) is 15.1.